The van der Waals surface area contributed by atoms with Crippen molar-refractivity contribution < 1.29 is 9.53 Å². The molecule has 0 aliphatic heterocycles. The monoisotopic (exact) mass is 397 g/mol. The van der Waals surface area contributed by atoms with Gasteiger partial charge in [-0.3, -0.25) is 4.79 Å². The largest absolute Gasteiger partial charge is 0.497 e. The molecule has 5 heteroatoms. The van der Waals surface area contributed by atoms with Crippen molar-refractivity contribution in [3.63, 3.8) is 0 Å². The number of Topliss-reactive ketones (excluding diaryl/α,β-unsaturated/α-hetero) is 1. The third kappa shape index (κ3) is 3.61. The van der Waals surface area contributed by atoms with Gasteiger partial charge in [0.2, 0.25) is 0 Å². The van der Waals surface area contributed by atoms with Crippen molar-refractivity contribution in [2.75, 3.05) is 12.8 Å². The molecule has 0 aliphatic rings. The second-order valence-electron chi connectivity index (χ2n) is 4.33. The molecule has 0 amide bonds. The summed E-state index contributed by atoms with van der Waals surface area (Å²) in [5, 5.41) is 0. The van der Waals surface area contributed by atoms with E-state index in [2.05, 4.69) is 31.9 Å². The SMILES string of the molecule is COc1ccc(Br)c(CC(=O)c2cc(N)cc(Br)c2)c1. The molecule has 0 radical (unpaired) electrons. The number of carbonyl (C=O) groups is 1. The van der Waals surface area contributed by atoms with Crippen LogP contribution in [0.25, 0.3) is 0 Å². The summed E-state index contributed by atoms with van der Waals surface area (Å²) in [6.45, 7) is 0. The van der Waals surface area contributed by atoms with Gasteiger partial charge in [-0.2, -0.15) is 0 Å². The predicted molar refractivity (Wildman–Crippen MR) is 87.3 cm³/mol. The van der Waals surface area contributed by atoms with E-state index >= 15 is 0 Å². The fraction of sp³-hybridized carbons (Fsp3) is 0.133. The van der Waals surface area contributed by atoms with Gasteiger partial charge in [0.15, 0.2) is 5.78 Å². The van der Waals surface area contributed by atoms with Crippen LogP contribution in [-0.2, 0) is 6.42 Å². The number of halogens is 2. The lowest BCUT2D eigenvalue weighted by molar-refractivity contribution is 0.0992. The minimum atomic E-state index is 0.00644. The van der Waals surface area contributed by atoms with Gasteiger partial charge in [0, 0.05) is 26.6 Å². The van der Waals surface area contributed by atoms with Crippen molar-refractivity contribution in [2.24, 2.45) is 0 Å². The number of methoxy groups -OCH3 is 1. The quantitative estimate of drug-likeness (QED) is 0.619. The number of ketones is 1. The van der Waals surface area contributed by atoms with Crippen LogP contribution < -0.4 is 10.5 Å². The maximum absolute atomic E-state index is 12.3. The van der Waals surface area contributed by atoms with Crippen LogP contribution in [0.5, 0.6) is 5.75 Å². The highest BCUT2D eigenvalue weighted by molar-refractivity contribution is 9.10. The number of anilines is 1. The fourth-order valence-corrected chi connectivity index (χ4v) is 2.76. The molecular weight excluding hydrogens is 386 g/mol. The van der Waals surface area contributed by atoms with Gasteiger partial charge >= 0.3 is 0 Å². The molecule has 0 spiro atoms. The summed E-state index contributed by atoms with van der Waals surface area (Å²) in [4.78, 5) is 12.3. The number of nitrogen functional groups attached to an aromatic ring is 1. The Morgan fingerprint density at radius 2 is 1.95 bits per heavy atom. The van der Waals surface area contributed by atoms with E-state index in [0.29, 0.717) is 11.3 Å². The molecule has 3 nitrogen and oxygen atoms in total. The van der Waals surface area contributed by atoms with E-state index in [-0.39, 0.29) is 12.2 Å². The van der Waals surface area contributed by atoms with Crippen LogP contribution >= 0.6 is 31.9 Å². The maximum Gasteiger partial charge on any atom is 0.167 e. The van der Waals surface area contributed by atoms with Crippen molar-refractivity contribution in [2.45, 2.75) is 6.42 Å². The lowest BCUT2D eigenvalue weighted by Gasteiger charge is -2.08. The topological polar surface area (TPSA) is 52.3 Å². The van der Waals surface area contributed by atoms with E-state index < -0.39 is 0 Å². The Kier molecular flexibility index (Phi) is 4.83. The van der Waals surface area contributed by atoms with Crippen LogP contribution in [0, 0.1) is 0 Å². The van der Waals surface area contributed by atoms with Crippen molar-refractivity contribution in [3.05, 3.63) is 56.5 Å². The zero-order valence-corrected chi connectivity index (χ0v) is 14.0. The van der Waals surface area contributed by atoms with E-state index in [9.17, 15) is 4.79 Å². The highest BCUT2D eigenvalue weighted by Crippen LogP contribution is 2.25. The smallest absolute Gasteiger partial charge is 0.167 e. The lowest BCUT2D eigenvalue weighted by Crippen LogP contribution is -2.05. The van der Waals surface area contributed by atoms with Gasteiger partial charge in [0.1, 0.15) is 5.75 Å². The van der Waals surface area contributed by atoms with Gasteiger partial charge in [-0.25, -0.2) is 0 Å². The van der Waals surface area contributed by atoms with Gasteiger partial charge in [0.25, 0.3) is 0 Å². The first-order chi connectivity index (χ1) is 9.49. The molecule has 104 valence electrons. The van der Waals surface area contributed by atoms with Crippen molar-refractivity contribution in [1.29, 1.82) is 0 Å². The molecule has 0 saturated carbocycles. The summed E-state index contributed by atoms with van der Waals surface area (Å²) in [7, 11) is 1.60. The van der Waals surface area contributed by atoms with Gasteiger partial charge in [-0.05, 0) is 42.0 Å². The first kappa shape index (κ1) is 15.1. The minimum absolute atomic E-state index is 0.00644. The van der Waals surface area contributed by atoms with Crippen molar-refractivity contribution >= 4 is 43.3 Å². The summed E-state index contributed by atoms with van der Waals surface area (Å²) in [6.07, 6.45) is 0.285. The minimum Gasteiger partial charge on any atom is -0.497 e. The molecule has 0 bridgehead atoms. The number of nitrogens with two attached hydrogens (primary N) is 1. The second-order valence-corrected chi connectivity index (χ2v) is 6.10. The predicted octanol–water partition coefficient (Wildman–Crippen LogP) is 4.23. The summed E-state index contributed by atoms with van der Waals surface area (Å²) < 4.78 is 6.86. The van der Waals surface area contributed by atoms with E-state index in [4.69, 9.17) is 10.5 Å². The average molecular weight is 399 g/mol. The Labute approximate surface area is 134 Å². The Morgan fingerprint density at radius 3 is 2.60 bits per heavy atom. The van der Waals surface area contributed by atoms with E-state index in [0.717, 1.165) is 20.3 Å². The van der Waals surface area contributed by atoms with Gasteiger partial charge in [0.05, 0.1) is 7.11 Å². The third-order valence-corrected chi connectivity index (χ3v) is 4.08. The molecule has 0 heterocycles. The number of rotatable bonds is 4. The molecular formula is C15H13Br2NO2. The summed E-state index contributed by atoms with van der Waals surface area (Å²) in [5.74, 6) is 0.733. The van der Waals surface area contributed by atoms with Crippen LogP contribution in [0.15, 0.2) is 45.3 Å². The molecule has 2 N–H and O–H groups in total. The maximum atomic E-state index is 12.3. The zero-order chi connectivity index (χ0) is 14.7. The Hall–Kier alpha value is -1.33. The van der Waals surface area contributed by atoms with Gasteiger partial charge in [-0.1, -0.05) is 31.9 Å². The fourth-order valence-electron chi connectivity index (χ4n) is 1.86. The van der Waals surface area contributed by atoms with E-state index in [1.54, 1.807) is 25.3 Å². The number of carbonyl (C=O) groups excluding carboxylic acids is 1. The molecule has 2 aromatic carbocycles. The normalized spacial score (nSPS) is 10.3. The molecule has 20 heavy (non-hydrogen) atoms. The first-order valence-electron chi connectivity index (χ1n) is 5.91. The molecule has 0 fully saturated rings. The molecule has 0 aliphatic carbocycles. The van der Waals surface area contributed by atoms with E-state index in [1.807, 2.05) is 18.2 Å². The van der Waals surface area contributed by atoms with Gasteiger partial charge in [-0.15, -0.1) is 0 Å². The Balaban J connectivity index is 2.27. The molecule has 0 saturated heterocycles. The van der Waals surface area contributed by atoms with E-state index in [1.165, 1.54) is 0 Å². The molecule has 0 aromatic heterocycles. The summed E-state index contributed by atoms with van der Waals surface area (Å²) >= 11 is 6.79. The number of hydrogen-bond acceptors (Lipinski definition) is 3. The number of hydrogen-bond donors (Lipinski definition) is 1. The summed E-state index contributed by atoms with van der Waals surface area (Å²) in [6, 6.07) is 10.8. The first-order valence-corrected chi connectivity index (χ1v) is 7.50. The number of benzene rings is 2. The van der Waals surface area contributed by atoms with Crippen LogP contribution in [0.4, 0.5) is 5.69 Å². The molecule has 2 rings (SSSR count). The van der Waals surface area contributed by atoms with Crippen LogP contribution in [0.2, 0.25) is 0 Å². The van der Waals surface area contributed by atoms with Crippen molar-refractivity contribution in [1.82, 2.24) is 0 Å². The third-order valence-electron chi connectivity index (χ3n) is 2.85. The van der Waals surface area contributed by atoms with Crippen LogP contribution in [-0.4, -0.2) is 12.9 Å². The highest BCUT2D eigenvalue weighted by Gasteiger charge is 2.11. The average Bonchev–Trinajstić information content (AvgIpc) is 2.40. The summed E-state index contributed by atoms with van der Waals surface area (Å²) in [5.41, 5.74) is 7.79. The van der Waals surface area contributed by atoms with Crippen LogP contribution in [0.3, 0.4) is 0 Å². The molecule has 0 unspecified atom stereocenters. The zero-order valence-electron chi connectivity index (χ0n) is 10.8. The van der Waals surface area contributed by atoms with Gasteiger partial charge < -0.3 is 10.5 Å². The van der Waals surface area contributed by atoms with Crippen LogP contribution in [0.1, 0.15) is 15.9 Å². The second kappa shape index (κ2) is 6.41. The lowest BCUT2D eigenvalue weighted by atomic mass is 10.0. The molecule has 2 aromatic rings. The highest BCUT2D eigenvalue weighted by atomic mass is 79.9. The Morgan fingerprint density at radius 1 is 1.20 bits per heavy atom. The molecule has 0 atom stereocenters. The Bertz CT molecular complexity index is 636. The standard InChI is InChI=1S/C15H13Br2NO2/c1-20-13-2-3-14(17)9(6-13)7-15(19)10-4-11(16)8-12(18)5-10/h2-6,8H,7,18H2,1H3. The van der Waals surface area contributed by atoms with Crippen molar-refractivity contribution in [3.8, 4) is 5.75 Å². The number of ether oxygens (including phenoxy) is 1.